The third kappa shape index (κ3) is 1.79. The summed E-state index contributed by atoms with van der Waals surface area (Å²) in [6, 6.07) is 0. The topological polar surface area (TPSA) is 0 Å². The molecule has 0 aromatic carbocycles. The lowest BCUT2D eigenvalue weighted by molar-refractivity contribution is 0.459. The fourth-order valence-corrected chi connectivity index (χ4v) is 3.14. The van der Waals surface area contributed by atoms with E-state index < -0.39 is 0 Å². The minimum atomic E-state index is 0.360. The first-order valence-electron chi connectivity index (χ1n) is 6.14. The van der Waals surface area contributed by atoms with Crippen molar-refractivity contribution in [2.75, 3.05) is 0 Å². The largest absolute Gasteiger partial charge is 0.0770 e. The molecule has 0 aromatic heterocycles. The van der Waals surface area contributed by atoms with Crippen LogP contribution in [0.3, 0.4) is 0 Å². The Morgan fingerprint density at radius 3 is 1.33 bits per heavy atom. The first kappa shape index (κ1) is 11.0. The van der Waals surface area contributed by atoms with E-state index in [1.807, 2.05) is 0 Å². The van der Waals surface area contributed by atoms with Gasteiger partial charge in [-0.1, -0.05) is 64.8 Å². The summed E-state index contributed by atoms with van der Waals surface area (Å²) in [4.78, 5) is 0. The summed E-state index contributed by atoms with van der Waals surface area (Å²) in [5.41, 5.74) is 4.06. The second kappa shape index (κ2) is 2.99. The zero-order valence-corrected chi connectivity index (χ0v) is 11.0. The van der Waals surface area contributed by atoms with Crippen molar-refractivity contribution >= 4 is 0 Å². The van der Waals surface area contributed by atoms with Gasteiger partial charge in [0.05, 0.1) is 0 Å². The quantitative estimate of drug-likeness (QED) is 0.507. The molecule has 2 rings (SSSR count). The number of allylic oxidation sites excluding steroid dienone is 4. The zero-order chi connectivity index (χ0) is 11.4. The van der Waals surface area contributed by atoms with Crippen molar-refractivity contribution in [2.24, 2.45) is 22.7 Å². The standard InChI is InChI=1S/C15H24/c1-14(2,3)12-8-11-7-10(12)9-13(11)15(4,5)6/h8-11H,7H2,1-6H3/t10-,11-/m0/s1. The van der Waals surface area contributed by atoms with Gasteiger partial charge in [-0.15, -0.1) is 0 Å². The van der Waals surface area contributed by atoms with Gasteiger partial charge in [0.15, 0.2) is 0 Å². The second-order valence-corrected chi connectivity index (χ2v) is 7.19. The molecule has 84 valence electrons. The Labute approximate surface area is 94.5 Å². The molecule has 0 aromatic rings. The van der Waals surface area contributed by atoms with Gasteiger partial charge in [0, 0.05) is 0 Å². The van der Waals surface area contributed by atoms with Crippen LogP contribution in [0.2, 0.25) is 0 Å². The average molecular weight is 204 g/mol. The predicted molar refractivity (Wildman–Crippen MR) is 66.7 cm³/mol. The van der Waals surface area contributed by atoms with E-state index in [0.29, 0.717) is 10.8 Å². The van der Waals surface area contributed by atoms with E-state index in [1.54, 1.807) is 11.1 Å². The molecule has 0 nitrogen and oxygen atoms in total. The van der Waals surface area contributed by atoms with Crippen LogP contribution in [0.15, 0.2) is 23.3 Å². The lowest BCUT2D eigenvalue weighted by Crippen LogP contribution is -2.17. The van der Waals surface area contributed by atoms with Gasteiger partial charge in [-0.25, -0.2) is 0 Å². The fourth-order valence-electron chi connectivity index (χ4n) is 3.14. The summed E-state index contributed by atoms with van der Waals surface area (Å²) in [6.07, 6.45) is 6.44. The maximum absolute atomic E-state index is 2.55. The summed E-state index contributed by atoms with van der Waals surface area (Å²) in [5.74, 6) is 1.48. The van der Waals surface area contributed by atoms with E-state index in [-0.39, 0.29) is 0 Å². The normalized spacial score (nSPS) is 30.5. The first-order chi connectivity index (χ1) is 6.69. The zero-order valence-electron chi connectivity index (χ0n) is 11.0. The minimum Gasteiger partial charge on any atom is -0.0770 e. The van der Waals surface area contributed by atoms with Crippen molar-refractivity contribution in [3.63, 3.8) is 0 Å². The van der Waals surface area contributed by atoms with Crippen LogP contribution in [0.4, 0.5) is 0 Å². The fraction of sp³-hybridized carbons (Fsp3) is 0.733. The third-order valence-electron chi connectivity index (χ3n) is 3.80. The van der Waals surface area contributed by atoms with E-state index in [1.165, 1.54) is 6.42 Å². The van der Waals surface area contributed by atoms with Gasteiger partial charge in [-0.2, -0.15) is 0 Å². The van der Waals surface area contributed by atoms with Crippen LogP contribution in [0.5, 0.6) is 0 Å². The number of hydrogen-bond acceptors (Lipinski definition) is 0. The van der Waals surface area contributed by atoms with E-state index >= 15 is 0 Å². The van der Waals surface area contributed by atoms with Crippen molar-refractivity contribution in [1.29, 1.82) is 0 Å². The van der Waals surface area contributed by atoms with Crippen LogP contribution >= 0.6 is 0 Å². The maximum Gasteiger partial charge on any atom is -0.000604 e. The van der Waals surface area contributed by atoms with Crippen LogP contribution in [0.1, 0.15) is 48.0 Å². The lowest BCUT2D eigenvalue weighted by atomic mass is 9.76. The predicted octanol–water partition coefficient (Wildman–Crippen LogP) is 4.58. The number of hydrogen-bond donors (Lipinski definition) is 0. The van der Waals surface area contributed by atoms with E-state index in [0.717, 1.165) is 11.8 Å². The van der Waals surface area contributed by atoms with Gasteiger partial charge in [-0.05, 0) is 29.1 Å². The molecule has 0 heterocycles. The Balaban J connectivity index is 2.25. The molecule has 0 saturated heterocycles. The molecule has 0 fully saturated rings. The Morgan fingerprint density at radius 1 is 0.800 bits per heavy atom. The van der Waals surface area contributed by atoms with Gasteiger partial charge in [0.2, 0.25) is 0 Å². The Morgan fingerprint density at radius 2 is 1.13 bits per heavy atom. The molecule has 2 atom stereocenters. The van der Waals surface area contributed by atoms with Crippen LogP contribution in [-0.2, 0) is 0 Å². The van der Waals surface area contributed by atoms with Crippen LogP contribution < -0.4 is 0 Å². The molecule has 0 radical (unpaired) electrons. The first-order valence-corrected chi connectivity index (χ1v) is 6.14. The Bertz CT molecular complexity index is 294. The smallest absolute Gasteiger partial charge is 0.000604 e. The second-order valence-electron chi connectivity index (χ2n) is 7.19. The molecule has 0 unspecified atom stereocenters. The maximum atomic E-state index is 2.55. The SMILES string of the molecule is CC(C)(C)C1=C[C@@H]2C[C@H]1C=C2C(C)(C)C. The highest BCUT2D eigenvalue weighted by Gasteiger charge is 2.41. The molecule has 0 saturated carbocycles. The van der Waals surface area contributed by atoms with Crippen molar-refractivity contribution in [3.8, 4) is 0 Å². The highest BCUT2D eigenvalue weighted by Crippen LogP contribution is 2.53. The summed E-state index contributed by atoms with van der Waals surface area (Å²) >= 11 is 0. The lowest BCUT2D eigenvalue weighted by Gasteiger charge is -2.29. The number of fused-ring (bicyclic) bond motifs is 2. The molecular formula is C15H24. The van der Waals surface area contributed by atoms with Gasteiger partial charge in [-0.3, -0.25) is 0 Å². The molecule has 0 spiro atoms. The van der Waals surface area contributed by atoms with Gasteiger partial charge in [0.1, 0.15) is 0 Å². The van der Waals surface area contributed by atoms with Crippen LogP contribution in [-0.4, -0.2) is 0 Å². The minimum absolute atomic E-state index is 0.360. The van der Waals surface area contributed by atoms with Gasteiger partial charge in [0.25, 0.3) is 0 Å². The molecule has 0 heteroatoms. The summed E-state index contributed by atoms with van der Waals surface area (Å²) in [7, 11) is 0. The molecule has 2 aliphatic rings. The van der Waals surface area contributed by atoms with Crippen molar-refractivity contribution < 1.29 is 0 Å². The van der Waals surface area contributed by atoms with E-state index in [9.17, 15) is 0 Å². The summed E-state index contributed by atoms with van der Waals surface area (Å²) in [6.45, 7) is 14.0. The molecule has 0 aliphatic heterocycles. The highest BCUT2D eigenvalue weighted by atomic mass is 14.5. The number of rotatable bonds is 0. The Kier molecular flexibility index (Phi) is 2.19. The van der Waals surface area contributed by atoms with Crippen LogP contribution in [0.25, 0.3) is 0 Å². The van der Waals surface area contributed by atoms with E-state index in [2.05, 4.69) is 53.7 Å². The highest BCUT2D eigenvalue weighted by molar-refractivity contribution is 5.40. The Hall–Kier alpha value is -0.520. The van der Waals surface area contributed by atoms with Crippen molar-refractivity contribution in [3.05, 3.63) is 23.3 Å². The van der Waals surface area contributed by atoms with Gasteiger partial charge >= 0.3 is 0 Å². The molecule has 0 amide bonds. The van der Waals surface area contributed by atoms with E-state index in [4.69, 9.17) is 0 Å². The average Bonchev–Trinajstić information content (AvgIpc) is 2.57. The summed E-state index contributed by atoms with van der Waals surface area (Å²) in [5, 5.41) is 0. The van der Waals surface area contributed by atoms with Crippen molar-refractivity contribution in [1.82, 2.24) is 0 Å². The molecule has 2 aliphatic carbocycles. The molecule has 0 N–H and O–H groups in total. The van der Waals surface area contributed by atoms with Gasteiger partial charge < -0.3 is 0 Å². The molecular weight excluding hydrogens is 180 g/mol. The summed E-state index contributed by atoms with van der Waals surface area (Å²) < 4.78 is 0. The van der Waals surface area contributed by atoms with Crippen LogP contribution in [0, 0.1) is 22.7 Å². The molecule has 2 bridgehead atoms. The monoisotopic (exact) mass is 204 g/mol. The third-order valence-corrected chi connectivity index (χ3v) is 3.80. The van der Waals surface area contributed by atoms with Crippen molar-refractivity contribution in [2.45, 2.75) is 48.0 Å². The molecule has 15 heavy (non-hydrogen) atoms.